The number of carbonyl (C=O) groups excluding carboxylic acids is 1. The average molecular weight is 268 g/mol. The van der Waals surface area contributed by atoms with Crippen LogP contribution >= 0.6 is 11.8 Å². The summed E-state index contributed by atoms with van der Waals surface area (Å²) in [5.41, 5.74) is 0. The maximum Gasteiger partial charge on any atom is 0.145 e. The van der Waals surface area contributed by atoms with E-state index in [4.69, 9.17) is 0 Å². The fraction of sp³-hybridized carbons (Fsp3) is 0.938. The van der Waals surface area contributed by atoms with Gasteiger partial charge < -0.3 is 0 Å². The Morgan fingerprint density at radius 2 is 1.72 bits per heavy atom. The van der Waals surface area contributed by atoms with Gasteiger partial charge in [0.25, 0.3) is 0 Å². The van der Waals surface area contributed by atoms with Crippen molar-refractivity contribution >= 4 is 17.5 Å². The molecule has 0 radical (unpaired) electrons. The van der Waals surface area contributed by atoms with Gasteiger partial charge in [-0.05, 0) is 43.9 Å². The third-order valence-corrected chi connectivity index (χ3v) is 6.46. The molecule has 1 nitrogen and oxygen atoms in total. The normalized spacial score (nSPS) is 34.4. The summed E-state index contributed by atoms with van der Waals surface area (Å²) in [4.78, 5) is 12.3. The standard InChI is InChI=1S/C16H28OS/c1-12-8-9-14(10-13(12)2)16(17)11-18-15-6-4-3-5-7-15/h12-15H,3-11H2,1-2H3. The highest BCUT2D eigenvalue weighted by Crippen LogP contribution is 2.35. The molecule has 18 heavy (non-hydrogen) atoms. The van der Waals surface area contributed by atoms with Gasteiger partial charge in [-0.25, -0.2) is 0 Å². The zero-order valence-electron chi connectivity index (χ0n) is 12.0. The molecule has 0 amide bonds. The minimum Gasteiger partial charge on any atom is -0.298 e. The first-order valence-corrected chi connectivity index (χ1v) is 8.86. The number of ketones is 1. The molecule has 2 aliphatic rings. The van der Waals surface area contributed by atoms with Crippen LogP contribution in [0.4, 0.5) is 0 Å². The van der Waals surface area contributed by atoms with E-state index in [0.29, 0.717) is 11.7 Å². The van der Waals surface area contributed by atoms with Gasteiger partial charge in [0.05, 0.1) is 5.75 Å². The van der Waals surface area contributed by atoms with Gasteiger partial charge in [0.1, 0.15) is 5.78 Å². The van der Waals surface area contributed by atoms with Crippen LogP contribution in [0.2, 0.25) is 0 Å². The molecule has 0 bridgehead atoms. The minimum atomic E-state index is 0.382. The first kappa shape index (κ1) is 14.4. The van der Waals surface area contributed by atoms with Crippen molar-refractivity contribution in [3.8, 4) is 0 Å². The molecular formula is C16H28OS. The van der Waals surface area contributed by atoms with E-state index in [2.05, 4.69) is 13.8 Å². The van der Waals surface area contributed by atoms with Crippen LogP contribution in [-0.4, -0.2) is 16.8 Å². The van der Waals surface area contributed by atoms with Gasteiger partial charge in [-0.3, -0.25) is 4.79 Å². The molecule has 0 aliphatic heterocycles. The predicted molar refractivity (Wildman–Crippen MR) is 80.0 cm³/mol. The second kappa shape index (κ2) is 6.98. The number of thioether (sulfide) groups is 1. The van der Waals surface area contributed by atoms with Crippen LogP contribution in [0.25, 0.3) is 0 Å². The second-order valence-electron chi connectivity index (χ2n) is 6.50. The number of carbonyl (C=O) groups is 1. The largest absolute Gasteiger partial charge is 0.298 e. The number of hydrogen-bond acceptors (Lipinski definition) is 2. The lowest BCUT2D eigenvalue weighted by atomic mass is 9.74. The summed E-state index contributed by atoms with van der Waals surface area (Å²) in [6.45, 7) is 4.65. The van der Waals surface area contributed by atoms with E-state index in [0.717, 1.165) is 35.7 Å². The van der Waals surface area contributed by atoms with Crippen LogP contribution < -0.4 is 0 Å². The fourth-order valence-corrected chi connectivity index (χ4v) is 4.69. The predicted octanol–water partition coefficient (Wildman–Crippen LogP) is 4.69. The molecule has 2 heteroatoms. The highest BCUT2D eigenvalue weighted by Gasteiger charge is 2.29. The summed E-state index contributed by atoms with van der Waals surface area (Å²) in [5, 5.41) is 0.780. The Morgan fingerprint density at radius 3 is 2.39 bits per heavy atom. The zero-order chi connectivity index (χ0) is 13.0. The molecule has 0 aromatic heterocycles. The van der Waals surface area contributed by atoms with Crippen molar-refractivity contribution in [1.29, 1.82) is 0 Å². The van der Waals surface area contributed by atoms with Crippen molar-refractivity contribution in [1.82, 2.24) is 0 Å². The zero-order valence-corrected chi connectivity index (χ0v) is 12.8. The SMILES string of the molecule is CC1CCC(C(=O)CSC2CCCCC2)CC1C. The van der Waals surface area contributed by atoms with E-state index in [9.17, 15) is 4.79 Å². The van der Waals surface area contributed by atoms with Crippen LogP contribution in [0.3, 0.4) is 0 Å². The first-order valence-electron chi connectivity index (χ1n) is 7.81. The summed E-state index contributed by atoms with van der Waals surface area (Å²) < 4.78 is 0. The van der Waals surface area contributed by atoms with Gasteiger partial charge in [-0.2, -0.15) is 11.8 Å². The van der Waals surface area contributed by atoms with Crippen LogP contribution in [0, 0.1) is 17.8 Å². The van der Waals surface area contributed by atoms with Crippen molar-refractivity contribution in [2.45, 2.75) is 70.5 Å². The third-order valence-electron chi connectivity index (χ3n) is 5.07. The van der Waals surface area contributed by atoms with Crippen LogP contribution in [-0.2, 0) is 4.79 Å². The lowest BCUT2D eigenvalue weighted by Crippen LogP contribution is -2.28. The number of rotatable bonds is 4. The Kier molecular flexibility index (Phi) is 5.59. The van der Waals surface area contributed by atoms with E-state index >= 15 is 0 Å². The number of Topliss-reactive ketones (excluding diaryl/α,β-unsaturated/α-hetero) is 1. The molecule has 3 atom stereocenters. The molecule has 2 rings (SSSR count). The molecule has 3 unspecified atom stereocenters. The van der Waals surface area contributed by atoms with E-state index in [1.165, 1.54) is 38.5 Å². The van der Waals surface area contributed by atoms with Crippen LogP contribution in [0.5, 0.6) is 0 Å². The maximum atomic E-state index is 12.3. The summed E-state index contributed by atoms with van der Waals surface area (Å²) in [7, 11) is 0. The average Bonchev–Trinajstić information content (AvgIpc) is 2.40. The first-order chi connectivity index (χ1) is 8.66. The topological polar surface area (TPSA) is 17.1 Å². The van der Waals surface area contributed by atoms with Crippen molar-refractivity contribution in [2.75, 3.05) is 5.75 Å². The quantitative estimate of drug-likeness (QED) is 0.735. The third kappa shape index (κ3) is 4.01. The van der Waals surface area contributed by atoms with Gasteiger partial charge in [-0.15, -0.1) is 0 Å². The van der Waals surface area contributed by atoms with Gasteiger partial charge in [-0.1, -0.05) is 33.1 Å². The molecule has 0 heterocycles. The Morgan fingerprint density at radius 1 is 1.00 bits per heavy atom. The molecule has 0 N–H and O–H groups in total. The van der Waals surface area contributed by atoms with E-state index in [-0.39, 0.29) is 0 Å². The molecule has 0 aromatic carbocycles. The molecule has 0 saturated heterocycles. The smallest absolute Gasteiger partial charge is 0.145 e. The fourth-order valence-electron chi connectivity index (χ4n) is 3.39. The molecule has 0 aromatic rings. The van der Waals surface area contributed by atoms with Crippen molar-refractivity contribution in [3.63, 3.8) is 0 Å². The summed E-state index contributed by atoms with van der Waals surface area (Å²) >= 11 is 1.95. The molecule has 0 spiro atoms. The van der Waals surface area contributed by atoms with Crippen molar-refractivity contribution in [3.05, 3.63) is 0 Å². The maximum absolute atomic E-state index is 12.3. The highest BCUT2D eigenvalue weighted by atomic mass is 32.2. The highest BCUT2D eigenvalue weighted by molar-refractivity contribution is 8.00. The molecular weight excluding hydrogens is 240 g/mol. The minimum absolute atomic E-state index is 0.382. The second-order valence-corrected chi connectivity index (χ2v) is 7.79. The van der Waals surface area contributed by atoms with Crippen LogP contribution in [0.15, 0.2) is 0 Å². The molecule has 2 fully saturated rings. The van der Waals surface area contributed by atoms with Gasteiger partial charge >= 0.3 is 0 Å². The Bertz CT molecular complexity index is 270. The van der Waals surface area contributed by atoms with E-state index in [1.807, 2.05) is 11.8 Å². The Hall–Kier alpha value is 0.0200. The summed E-state index contributed by atoms with van der Waals surface area (Å²) in [6.07, 6.45) is 10.4. The lowest BCUT2D eigenvalue weighted by molar-refractivity contribution is -0.122. The van der Waals surface area contributed by atoms with E-state index in [1.54, 1.807) is 0 Å². The monoisotopic (exact) mass is 268 g/mol. The number of hydrogen-bond donors (Lipinski definition) is 0. The van der Waals surface area contributed by atoms with Crippen LogP contribution in [0.1, 0.15) is 65.2 Å². The Balaban J connectivity index is 1.70. The van der Waals surface area contributed by atoms with Gasteiger partial charge in [0.2, 0.25) is 0 Å². The van der Waals surface area contributed by atoms with Gasteiger partial charge in [0, 0.05) is 11.2 Å². The molecule has 104 valence electrons. The molecule has 2 saturated carbocycles. The molecule has 2 aliphatic carbocycles. The Labute approximate surface area is 116 Å². The summed E-state index contributed by atoms with van der Waals surface area (Å²) in [6, 6.07) is 0. The lowest BCUT2D eigenvalue weighted by Gasteiger charge is -2.31. The van der Waals surface area contributed by atoms with Crippen molar-refractivity contribution < 1.29 is 4.79 Å². The van der Waals surface area contributed by atoms with E-state index < -0.39 is 0 Å². The van der Waals surface area contributed by atoms with Gasteiger partial charge in [0.15, 0.2) is 0 Å². The van der Waals surface area contributed by atoms with Crippen molar-refractivity contribution in [2.24, 2.45) is 17.8 Å². The summed E-state index contributed by atoms with van der Waals surface area (Å²) in [5.74, 6) is 3.28.